The van der Waals surface area contributed by atoms with Crippen LogP contribution in [-0.2, 0) is 0 Å². The SMILES string of the molecule is CCCCCCCCCCCCCCCCOc1cc(C(=O)c2ccc(-c3ccc(C(=O)c4cc(OCCCCCCCCCCCCCCCC)c(OCCCCCCCCCCCCCCCC)c(OCCCCCCCCCCCCCCCC)c4)[nH]3)[nH]2)cc(OCCCCCCCCCCCCCCCC)c1OCCCCCCCCCCCCCCCC. The summed E-state index contributed by atoms with van der Waals surface area (Å²) in [5.74, 6) is 3.27. The van der Waals surface area contributed by atoms with Crippen molar-refractivity contribution in [2.24, 2.45) is 0 Å². The van der Waals surface area contributed by atoms with E-state index in [9.17, 15) is 0 Å². The maximum Gasteiger partial charge on any atom is 0.209 e. The normalized spacial score (nSPS) is 11.6. The lowest BCUT2D eigenvalue weighted by Gasteiger charge is -2.19. The molecule has 4 aromatic rings. The van der Waals surface area contributed by atoms with Crippen LogP contribution in [-0.4, -0.2) is 61.2 Å². The lowest BCUT2D eigenvalue weighted by atomic mass is 10.0. The number of aromatic nitrogens is 2. The number of carbonyl (C=O) groups is 2. The molecule has 0 aliphatic heterocycles. The predicted molar refractivity (Wildman–Crippen MR) is 555 cm³/mol. The molecule has 0 aliphatic carbocycles. The van der Waals surface area contributed by atoms with Crippen LogP contribution in [0.1, 0.15) is 613 Å². The van der Waals surface area contributed by atoms with E-state index in [2.05, 4.69) is 51.5 Å². The lowest BCUT2D eigenvalue weighted by Crippen LogP contribution is -2.09. The molecule has 0 radical (unpaired) electrons. The van der Waals surface area contributed by atoms with Crippen LogP contribution in [0.25, 0.3) is 11.4 Å². The number of nitrogens with one attached hydrogen (secondary N) is 2. The minimum atomic E-state index is -0.157. The Bertz CT molecular complexity index is 2760. The summed E-state index contributed by atoms with van der Waals surface area (Å²) in [5.41, 5.74) is 3.30. The Morgan fingerprint density at radius 1 is 0.180 bits per heavy atom. The van der Waals surface area contributed by atoms with Gasteiger partial charge in [-0.3, -0.25) is 9.59 Å². The molecule has 0 amide bonds. The van der Waals surface area contributed by atoms with Crippen molar-refractivity contribution in [3.63, 3.8) is 0 Å². The first-order valence-electron chi connectivity index (χ1n) is 57.0. The summed E-state index contributed by atoms with van der Waals surface area (Å²) >= 11 is 0. The fourth-order valence-corrected chi connectivity index (χ4v) is 18.7. The molecule has 0 spiro atoms. The molecule has 0 unspecified atom stereocenters. The number of carbonyl (C=O) groups excluding carboxylic acids is 2. The smallest absolute Gasteiger partial charge is 0.209 e. The van der Waals surface area contributed by atoms with Crippen LogP contribution in [0.3, 0.4) is 0 Å². The van der Waals surface area contributed by atoms with E-state index in [1.165, 1.54) is 462 Å². The first kappa shape index (κ1) is 115. The molecular weight excluding hydrogens is 1570 g/mol. The van der Waals surface area contributed by atoms with E-state index in [1.807, 2.05) is 48.5 Å². The van der Waals surface area contributed by atoms with Gasteiger partial charge >= 0.3 is 0 Å². The molecule has 0 saturated heterocycles. The Labute approximate surface area is 792 Å². The van der Waals surface area contributed by atoms with Crippen molar-refractivity contribution in [1.82, 2.24) is 9.97 Å². The molecule has 2 aromatic carbocycles. The molecule has 10 heteroatoms. The Hall–Kier alpha value is -4.86. The minimum Gasteiger partial charge on any atom is -0.490 e. The highest BCUT2D eigenvalue weighted by Gasteiger charge is 2.25. The van der Waals surface area contributed by atoms with Gasteiger partial charge in [0.25, 0.3) is 0 Å². The number of hydrogen-bond donors (Lipinski definition) is 2. The third kappa shape index (κ3) is 62.6. The molecule has 0 atom stereocenters. The van der Waals surface area contributed by atoms with Crippen molar-refractivity contribution in [3.05, 3.63) is 71.0 Å². The van der Waals surface area contributed by atoms with Crippen molar-refractivity contribution in [3.8, 4) is 45.9 Å². The highest BCUT2D eigenvalue weighted by molar-refractivity contribution is 6.10. The zero-order valence-electron chi connectivity index (χ0n) is 85.5. The zero-order chi connectivity index (χ0) is 91.0. The van der Waals surface area contributed by atoms with Gasteiger partial charge in [0.15, 0.2) is 23.0 Å². The lowest BCUT2D eigenvalue weighted by molar-refractivity contribution is 0.102. The second-order valence-electron chi connectivity index (χ2n) is 39.5. The van der Waals surface area contributed by atoms with Gasteiger partial charge in [-0.05, 0) is 87.1 Å². The molecule has 0 saturated carbocycles. The molecule has 0 aliphatic rings. The number of aromatic amines is 2. The summed E-state index contributed by atoms with van der Waals surface area (Å²) in [5, 5.41) is 0. The van der Waals surface area contributed by atoms with Crippen LogP contribution < -0.4 is 28.4 Å². The van der Waals surface area contributed by atoms with Crippen molar-refractivity contribution in [2.75, 3.05) is 39.6 Å². The summed E-state index contributed by atoms with van der Waals surface area (Å²) in [6, 6.07) is 15.2. The average Bonchev–Trinajstić information content (AvgIpc) is 1.39. The summed E-state index contributed by atoms with van der Waals surface area (Å²) in [7, 11) is 0. The van der Waals surface area contributed by atoms with Crippen molar-refractivity contribution < 1.29 is 38.0 Å². The van der Waals surface area contributed by atoms with Gasteiger partial charge in [0.05, 0.1) is 62.4 Å². The number of ketones is 2. The van der Waals surface area contributed by atoms with E-state index in [-0.39, 0.29) is 11.6 Å². The van der Waals surface area contributed by atoms with Gasteiger partial charge in [-0.25, -0.2) is 0 Å². The van der Waals surface area contributed by atoms with Crippen LogP contribution in [0.4, 0.5) is 0 Å². The molecule has 738 valence electrons. The highest BCUT2D eigenvalue weighted by atomic mass is 16.5. The van der Waals surface area contributed by atoms with E-state index in [0.717, 1.165) is 77.0 Å². The number of ether oxygens (including phenoxy) is 6. The van der Waals surface area contributed by atoms with Crippen molar-refractivity contribution in [1.29, 1.82) is 0 Å². The molecule has 0 fully saturated rings. The van der Waals surface area contributed by atoms with Crippen LogP contribution in [0.2, 0.25) is 0 Å². The van der Waals surface area contributed by atoms with Crippen LogP contribution in [0, 0.1) is 0 Å². The molecule has 10 nitrogen and oxygen atoms in total. The summed E-state index contributed by atoms with van der Waals surface area (Å²) < 4.78 is 41.0. The topological polar surface area (TPSA) is 121 Å². The standard InChI is InChI=1S/C118H208N2O8/c1-7-13-19-25-31-37-43-49-55-61-67-73-79-85-95-123-111-101-105(102-112(124-96-86-80-74-68-62-56-50-44-38-32-26-20-14-8-2)117(111)127-99-89-83-77-71-65-59-53-47-41-35-29-23-17-11-5)115(121)109-93-91-107(119-109)108-92-94-110(120-108)116(122)106-103-113(125-97-87-81-75-69-63-57-51-45-39-33-27-21-15-9-3)118(128-100-90-84-78-72-66-60-54-48-42-36-30-24-18-12-6)114(104-106)126-98-88-82-76-70-64-58-52-46-40-34-28-22-16-10-4/h91-94,101-104,119-120H,7-90,95-100H2,1-6H3. The maximum absolute atomic E-state index is 15.2. The number of hydrogen-bond acceptors (Lipinski definition) is 8. The zero-order valence-corrected chi connectivity index (χ0v) is 85.5. The van der Waals surface area contributed by atoms with Gasteiger partial charge in [0.1, 0.15) is 0 Å². The van der Waals surface area contributed by atoms with E-state index in [4.69, 9.17) is 28.4 Å². The Morgan fingerprint density at radius 2 is 0.312 bits per heavy atom. The molecule has 128 heavy (non-hydrogen) atoms. The largest absolute Gasteiger partial charge is 0.490 e. The fourth-order valence-electron chi connectivity index (χ4n) is 18.7. The first-order chi connectivity index (χ1) is 63.4. The van der Waals surface area contributed by atoms with E-state index < -0.39 is 0 Å². The second-order valence-corrected chi connectivity index (χ2v) is 39.5. The highest BCUT2D eigenvalue weighted by Crippen LogP contribution is 2.43. The number of H-pyrrole nitrogens is 2. The maximum atomic E-state index is 15.2. The summed E-state index contributed by atoms with van der Waals surface area (Å²) in [6.45, 7) is 17.1. The quantitative estimate of drug-likeness (QED) is 0.0331. The molecular formula is C118H208N2O8. The predicted octanol–water partition coefficient (Wildman–Crippen LogP) is 39.6. The number of unbranched alkanes of at least 4 members (excludes halogenated alkanes) is 78. The Morgan fingerprint density at radius 3 is 0.461 bits per heavy atom. The molecule has 2 aromatic heterocycles. The van der Waals surface area contributed by atoms with Gasteiger partial charge in [-0.2, -0.15) is 0 Å². The molecule has 2 heterocycles. The summed E-state index contributed by atoms with van der Waals surface area (Å²) in [6.07, 6.45) is 109. The van der Waals surface area contributed by atoms with E-state index >= 15 is 9.59 Å². The molecule has 4 rings (SSSR count). The first-order valence-corrected chi connectivity index (χ1v) is 57.0. The van der Waals surface area contributed by atoms with E-state index in [1.54, 1.807) is 0 Å². The van der Waals surface area contributed by atoms with Gasteiger partial charge in [0.2, 0.25) is 23.1 Å². The number of benzene rings is 2. The van der Waals surface area contributed by atoms with Crippen LogP contribution in [0.15, 0.2) is 48.5 Å². The van der Waals surface area contributed by atoms with Gasteiger partial charge in [0, 0.05) is 11.1 Å². The second kappa shape index (κ2) is 87.5. The van der Waals surface area contributed by atoms with Crippen LogP contribution in [0.5, 0.6) is 34.5 Å². The fraction of sp³-hybridized carbons (Fsp3) is 0.814. The minimum absolute atomic E-state index is 0.157. The Balaban J connectivity index is 1.58. The third-order valence-electron chi connectivity index (χ3n) is 27.2. The van der Waals surface area contributed by atoms with Crippen molar-refractivity contribution in [2.45, 2.75) is 581 Å². The van der Waals surface area contributed by atoms with E-state index in [0.29, 0.717) is 108 Å². The van der Waals surface area contributed by atoms with Crippen molar-refractivity contribution >= 4 is 11.6 Å². The monoisotopic (exact) mass is 1780 g/mol. The van der Waals surface area contributed by atoms with Gasteiger partial charge < -0.3 is 38.4 Å². The van der Waals surface area contributed by atoms with Gasteiger partial charge in [-0.1, -0.05) is 542 Å². The summed E-state index contributed by atoms with van der Waals surface area (Å²) in [4.78, 5) is 37.4. The third-order valence-corrected chi connectivity index (χ3v) is 27.2. The average molecular weight is 1780 g/mol. The molecule has 0 bridgehead atoms. The van der Waals surface area contributed by atoms with Gasteiger partial charge in [-0.15, -0.1) is 0 Å². The van der Waals surface area contributed by atoms with Crippen LogP contribution >= 0.6 is 0 Å². The number of rotatable bonds is 101. The Kier molecular flexibility index (Phi) is 78.9. The molecule has 2 N–H and O–H groups in total.